The minimum Gasteiger partial charge on any atom is -0.373 e. The number of hydrogen-bond donors (Lipinski definition) is 1. The van der Waals surface area contributed by atoms with Crippen LogP contribution in [0.4, 0.5) is 0 Å². The van der Waals surface area contributed by atoms with Crippen molar-refractivity contribution in [2.75, 3.05) is 6.54 Å². The summed E-state index contributed by atoms with van der Waals surface area (Å²) < 4.78 is 5.88. The number of rotatable bonds is 2. The van der Waals surface area contributed by atoms with E-state index in [9.17, 15) is 0 Å². The van der Waals surface area contributed by atoms with Crippen molar-refractivity contribution in [3.63, 3.8) is 0 Å². The maximum absolute atomic E-state index is 5.88. The summed E-state index contributed by atoms with van der Waals surface area (Å²) >= 11 is 1.94. The fourth-order valence-electron chi connectivity index (χ4n) is 3.23. The molecule has 0 radical (unpaired) electrons. The summed E-state index contributed by atoms with van der Waals surface area (Å²) in [4.78, 5) is 4.66. The molecule has 4 heteroatoms. The predicted octanol–water partition coefficient (Wildman–Crippen LogP) is 2.80. The summed E-state index contributed by atoms with van der Waals surface area (Å²) in [6.07, 6.45) is 5.86. The van der Waals surface area contributed by atoms with E-state index in [0.29, 0.717) is 28.9 Å². The van der Waals surface area contributed by atoms with Gasteiger partial charge in [0.1, 0.15) is 0 Å². The largest absolute Gasteiger partial charge is 0.373 e. The molecule has 3 rings (SSSR count). The number of ether oxygens (including phenoxy) is 1. The lowest BCUT2D eigenvalue weighted by molar-refractivity contribution is 0.0994. The number of aliphatic imine (C=N–C) groups is 1. The van der Waals surface area contributed by atoms with E-state index in [1.54, 1.807) is 0 Å². The van der Waals surface area contributed by atoms with Crippen LogP contribution in [0.3, 0.4) is 0 Å². The van der Waals surface area contributed by atoms with Crippen molar-refractivity contribution in [2.24, 2.45) is 10.4 Å². The molecule has 18 heavy (non-hydrogen) atoms. The van der Waals surface area contributed by atoms with Gasteiger partial charge >= 0.3 is 0 Å². The number of nitrogens with one attached hydrogen (secondary N) is 1. The van der Waals surface area contributed by atoms with Gasteiger partial charge < -0.3 is 10.1 Å². The Hall–Kier alpha value is -0.220. The van der Waals surface area contributed by atoms with Gasteiger partial charge in [-0.15, -0.1) is 0 Å². The lowest BCUT2D eigenvalue weighted by Crippen LogP contribution is -2.39. The van der Waals surface area contributed by atoms with Crippen LogP contribution < -0.4 is 5.32 Å². The summed E-state index contributed by atoms with van der Waals surface area (Å²) in [5, 5.41) is 5.43. The molecule has 0 aromatic heterocycles. The van der Waals surface area contributed by atoms with Gasteiger partial charge in [-0.05, 0) is 31.1 Å². The van der Waals surface area contributed by atoms with Gasteiger partial charge in [0.05, 0.1) is 24.8 Å². The number of amidine groups is 1. The Balaban J connectivity index is 1.48. The van der Waals surface area contributed by atoms with Crippen LogP contribution in [-0.2, 0) is 4.74 Å². The fraction of sp³-hybridized carbons (Fsp3) is 0.929. The van der Waals surface area contributed by atoms with Crippen LogP contribution >= 0.6 is 11.8 Å². The van der Waals surface area contributed by atoms with Crippen LogP contribution in [0.2, 0.25) is 0 Å². The van der Waals surface area contributed by atoms with Crippen molar-refractivity contribution in [1.29, 1.82) is 0 Å². The molecule has 3 heterocycles. The molecule has 2 saturated heterocycles. The summed E-state index contributed by atoms with van der Waals surface area (Å²) in [5.74, 6) is 0. The zero-order valence-electron chi connectivity index (χ0n) is 11.6. The predicted molar refractivity (Wildman–Crippen MR) is 77.2 cm³/mol. The Kier molecular flexibility index (Phi) is 3.35. The normalized spacial score (nSPS) is 39.2. The topological polar surface area (TPSA) is 33.6 Å². The summed E-state index contributed by atoms with van der Waals surface area (Å²) in [6, 6.07) is 0.517. The molecule has 2 bridgehead atoms. The number of hydrogen-bond acceptors (Lipinski definition) is 4. The Morgan fingerprint density at radius 1 is 1.39 bits per heavy atom. The molecular formula is C14H24N2OS. The van der Waals surface area contributed by atoms with Crippen molar-refractivity contribution in [2.45, 2.75) is 70.0 Å². The lowest BCUT2D eigenvalue weighted by atomic mass is 9.90. The van der Waals surface area contributed by atoms with E-state index in [2.05, 4.69) is 31.1 Å². The monoisotopic (exact) mass is 268 g/mol. The first kappa shape index (κ1) is 12.8. The Bertz CT molecular complexity index is 350. The molecule has 3 aliphatic heterocycles. The molecule has 0 spiro atoms. The van der Waals surface area contributed by atoms with E-state index in [1.807, 2.05) is 11.8 Å². The standard InChI is InChI=1S/C14H24N2OS/c1-14(2,3)7-10-8-15-13(18-10)16-11-6-9-4-5-12(11)17-9/h9-12H,4-8H2,1-3H3,(H,15,16). The first-order valence-corrected chi connectivity index (χ1v) is 8.01. The molecule has 0 amide bonds. The first-order chi connectivity index (χ1) is 8.49. The molecular weight excluding hydrogens is 244 g/mol. The second kappa shape index (κ2) is 4.71. The van der Waals surface area contributed by atoms with E-state index in [4.69, 9.17) is 4.74 Å². The van der Waals surface area contributed by atoms with Crippen molar-refractivity contribution in [3.8, 4) is 0 Å². The SMILES string of the molecule is CC(C)(C)CC1CN=C(NC2CC3CCC2O3)S1. The molecule has 3 nitrogen and oxygen atoms in total. The highest BCUT2D eigenvalue weighted by Gasteiger charge is 2.41. The van der Waals surface area contributed by atoms with Crippen molar-refractivity contribution >= 4 is 16.9 Å². The van der Waals surface area contributed by atoms with Gasteiger partial charge in [-0.1, -0.05) is 32.5 Å². The van der Waals surface area contributed by atoms with Gasteiger partial charge in [-0.3, -0.25) is 4.99 Å². The van der Waals surface area contributed by atoms with Crippen LogP contribution in [0, 0.1) is 5.41 Å². The molecule has 102 valence electrons. The van der Waals surface area contributed by atoms with Crippen LogP contribution in [0.5, 0.6) is 0 Å². The van der Waals surface area contributed by atoms with E-state index in [0.717, 1.165) is 11.7 Å². The molecule has 4 atom stereocenters. The summed E-state index contributed by atoms with van der Waals surface area (Å²) in [6.45, 7) is 7.90. The zero-order valence-corrected chi connectivity index (χ0v) is 12.4. The van der Waals surface area contributed by atoms with Gasteiger partial charge in [0.2, 0.25) is 0 Å². The number of nitrogens with zero attached hydrogens (tertiary/aromatic N) is 1. The minimum atomic E-state index is 0.401. The van der Waals surface area contributed by atoms with E-state index >= 15 is 0 Å². The molecule has 3 aliphatic rings. The third-order valence-corrected chi connectivity index (χ3v) is 5.09. The van der Waals surface area contributed by atoms with Crippen LogP contribution in [0.25, 0.3) is 0 Å². The second-order valence-corrected chi connectivity index (χ2v) is 8.30. The number of fused-ring (bicyclic) bond motifs is 2. The molecule has 2 fully saturated rings. The second-order valence-electron chi connectivity index (χ2n) is 7.01. The minimum absolute atomic E-state index is 0.401. The highest BCUT2D eigenvalue weighted by Crippen LogP contribution is 2.36. The molecule has 0 aromatic carbocycles. The third-order valence-electron chi connectivity index (χ3n) is 3.97. The third kappa shape index (κ3) is 2.85. The maximum atomic E-state index is 5.88. The van der Waals surface area contributed by atoms with Gasteiger partial charge in [-0.25, -0.2) is 0 Å². The van der Waals surface area contributed by atoms with Crippen LogP contribution in [0.15, 0.2) is 4.99 Å². The van der Waals surface area contributed by atoms with E-state index in [1.165, 1.54) is 25.7 Å². The summed E-state index contributed by atoms with van der Waals surface area (Å²) in [5.41, 5.74) is 0.401. The van der Waals surface area contributed by atoms with Gasteiger partial charge in [0, 0.05) is 5.25 Å². The van der Waals surface area contributed by atoms with E-state index in [-0.39, 0.29) is 0 Å². The Labute approximate surface area is 114 Å². The highest BCUT2D eigenvalue weighted by molar-refractivity contribution is 8.14. The fourth-order valence-corrected chi connectivity index (χ4v) is 4.65. The average Bonchev–Trinajstić information content (AvgIpc) is 2.92. The smallest absolute Gasteiger partial charge is 0.157 e. The van der Waals surface area contributed by atoms with Gasteiger partial charge in [-0.2, -0.15) is 0 Å². The van der Waals surface area contributed by atoms with E-state index < -0.39 is 0 Å². The average molecular weight is 268 g/mol. The molecule has 0 aliphatic carbocycles. The molecule has 0 aromatic rings. The van der Waals surface area contributed by atoms with Crippen molar-refractivity contribution < 1.29 is 4.74 Å². The quantitative estimate of drug-likeness (QED) is 0.836. The van der Waals surface area contributed by atoms with Crippen LogP contribution in [0.1, 0.15) is 46.5 Å². The van der Waals surface area contributed by atoms with Crippen molar-refractivity contribution in [1.82, 2.24) is 5.32 Å². The number of thioether (sulfide) groups is 1. The molecule has 4 unspecified atom stereocenters. The zero-order chi connectivity index (χ0) is 12.8. The summed E-state index contributed by atoms with van der Waals surface area (Å²) in [7, 11) is 0. The molecule has 1 N–H and O–H groups in total. The maximum Gasteiger partial charge on any atom is 0.157 e. The Morgan fingerprint density at radius 2 is 2.22 bits per heavy atom. The highest BCUT2D eigenvalue weighted by atomic mass is 32.2. The molecule has 0 saturated carbocycles. The lowest BCUT2D eigenvalue weighted by Gasteiger charge is -2.23. The van der Waals surface area contributed by atoms with Crippen molar-refractivity contribution in [3.05, 3.63) is 0 Å². The van der Waals surface area contributed by atoms with Crippen LogP contribution in [-0.4, -0.2) is 35.2 Å². The first-order valence-electron chi connectivity index (χ1n) is 7.13. The Morgan fingerprint density at radius 3 is 2.83 bits per heavy atom. The van der Waals surface area contributed by atoms with Gasteiger partial charge in [0.15, 0.2) is 5.17 Å². The van der Waals surface area contributed by atoms with Gasteiger partial charge in [0.25, 0.3) is 0 Å².